The quantitative estimate of drug-likeness (QED) is 0.785. The minimum Gasteiger partial charge on any atom is -0.481 e. The normalized spacial score (nSPS) is 17.1. The Morgan fingerprint density at radius 1 is 1.20 bits per heavy atom. The molecule has 25 heavy (non-hydrogen) atoms. The number of likely N-dealkylation sites (tertiary alicyclic amines) is 1. The van der Waals surface area contributed by atoms with Crippen LogP contribution in [0.3, 0.4) is 0 Å². The van der Waals surface area contributed by atoms with E-state index in [0.29, 0.717) is 31.7 Å². The summed E-state index contributed by atoms with van der Waals surface area (Å²) in [6, 6.07) is 7.89. The van der Waals surface area contributed by atoms with Gasteiger partial charge in [0.2, 0.25) is 0 Å². The molecule has 1 aliphatic rings. The van der Waals surface area contributed by atoms with Gasteiger partial charge in [0.25, 0.3) is 5.91 Å². The number of rotatable bonds is 4. The fourth-order valence-electron chi connectivity index (χ4n) is 3.05. The molecule has 0 aliphatic carbocycles. The van der Waals surface area contributed by atoms with Crippen LogP contribution < -0.4 is 4.74 Å². The fourth-order valence-corrected chi connectivity index (χ4v) is 3.05. The third-order valence-electron chi connectivity index (χ3n) is 4.70. The lowest BCUT2D eigenvalue weighted by Crippen LogP contribution is -2.45. The lowest BCUT2D eigenvalue weighted by Gasteiger charge is -2.32. The summed E-state index contributed by atoms with van der Waals surface area (Å²) in [5.74, 6) is 0.381. The van der Waals surface area contributed by atoms with Gasteiger partial charge >= 0.3 is 5.97 Å². The topological polar surface area (TPSA) is 55.8 Å². The maximum absolute atomic E-state index is 12.6. The molecule has 1 amide bonds. The monoisotopic (exact) mass is 347 g/mol. The van der Waals surface area contributed by atoms with Crippen LogP contribution in [0.25, 0.3) is 0 Å². The lowest BCUT2D eigenvalue weighted by molar-refractivity contribution is -0.150. The second-order valence-corrected chi connectivity index (χ2v) is 7.66. The van der Waals surface area contributed by atoms with E-state index in [1.807, 2.05) is 18.2 Å². The Morgan fingerprint density at radius 2 is 1.84 bits per heavy atom. The van der Waals surface area contributed by atoms with E-state index in [-0.39, 0.29) is 23.2 Å². The molecule has 0 bridgehead atoms. The molecule has 5 heteroatoms. The number of esters is 1. The third-order valence-corrected chi connectivity index (χ3v) is 4.70. The second kappa shape index (κ2) is 7.89. The van der Waals surface area contributed by atoms with Crippen LogP contribution in [0.4, 0.5) is 0 Å². The van der Waals surface area contributed by atoms with Crippen molar-refractivity contribution in [2.45, 2.75) is 52.1 Å². The van der Waals surface area contributed by atoms with Gasteiger partial charge in [-0.2, -0.15) is 0 Å². The van der Waals surface area contributed by atoms with Gasteiger partial charge in [-0.3, -0.25) is 9.59 Å². The van der Waals surface area contributed by atoms with Crippen molar-refractivity contribution >= 4 is 11.9 Å². The molecule has 0 radical (unpaired) electrons. The highest BCUT2D eigenvalue weighted by Gasteiger charge is 2.30. The minimum atomic E-state index is -0.551. The number of amides is 1. The number of piperidine rings is 1. The van der Waals surface area contributed by atoms with Gasteiger partial charge in [0.15, 0.2) is 6.10 Å². The Bertz CT molecular complexity index is 612. The fraction of sp³-hybridized carbons (Fsp3) is 0.600. The molecule has 138 valence electrons. The van der Waals surface area contributed by atoms with Gasteiger partial charge in [0.1, 0.15) is 5.75 Å². The predicted molar refractivity (Wildman–Crippen MR) is 96.6 cm³/mol. The van der Waals surface area contributed by atoms with Gasteiger partial charge in [0, 0.05) is 13.1 Å². The Labute approximate surface area is 150 Å². The van der Waals surface area contributed by atoms with Gasteiger partial charge in [-0.1, -0.05) is 32.9 Å². The molecular formula is C20H29NO4. The first-order chi connectivity index (χ1) is 11.7. The third kappa shape index (κ3) is 4.97. The van der Waals surface area contributed by atoms with Crippen LogP contribution in [0.15, 0.2) is 24.3 Å². The van der Waals surface area contributed by atoms with E-state index in [1.54, 1.807) is 11.8 Å². The lowest BCUT2D eigenvalue weighted by atomic mass is 9.87. The predicted octanol–water partition coefficient (Wildman–Crippen LogP) is 3.16. The summed E-state index contributed by atoms with van der Waals surface area (Å²) in [4.78, 5) is 26.0. The first-order valence-corrected chi connectivity index (χ1v) is 8.86. The van der Waals surface area contributed by atoms with E-state index >= 15 is 0 Å². The van der Waals surface area contributed by atoms with E-state index in [4.69, 9.17) is 9.47 Å². The van der Waals surface area contributed by atoms with E-state index in [2.05, 4.69) is 26.8 Å². The smallest absolute Gasteiger partial charge is 0.308 e. The number of nitrogens with zero attached hydrogens (tertiary/aromatic N) is 1. The summed E-state index contributed by atoms with van der Waals surface area (Å²) in [5.41, 5.74) is 1.20. The maximum atomic E-state index is 12.6. The second-order valence-electron chi connectivity index (χ2n) is 7.66. The zero-order valence-electron chi connectivity index (χ0n) is 15.9. The van der Waals surface area contributed by atoms with Crippen LogP contribution in [-0.4, -0.2) is 43.1 Å². The zero-order chi connectivity index (χ0) is 18.6. The molecule has 1 heterocycles. The highest BCUT2D eigenvalue weighted by molar-refractivity contribution is 5.81. The van der Waals surface area contributed by atoms with Crippen molar-refractivity contribution in [1.82, 2.24) is 4.90 Å². The summed E-state index contributed by atoms with van der Waals surface area (Å²) >= 11 is 0. The molecule has 1 unspecified atom stereocenters. The SMILES string of the molecule is COC(=O)C1CCN(C(=O)C(C)Oc2cccc(C(C)(C)C)c2)CC1. The number of hydrogen-bond acceptors (Lipinski definition) is 4. The van der Waals surface area contributed by atoms with Crippen molar-refractivity contribution in [3.63, 3.8) is 0 Å². The van der Waals surface area contributed by atoms with E-state index in [1.165, 1.54) is 12.7 Å². The van der Waals surface area contributed by atoms with Crippen molar-refractivity contribution in [2.75, 3.05) is 20.2 Å². The average Bonchev–Trinajstić information content (AvgIpc) is 2.60. The van der Waals surface area contributed by atoms with Crippen LogP contribution in [0.1, 0.15) is 46.1 Å². The van der Waals surface area contributed by atoms with Crippen molar-refractivity contribution in [2.24, 2.45) is 5.92 Å². The molecule has 1 aromatic rings. The van der Waals surface area contributed by atoms with Gasteiger partial charge in [-0.25, -0.2) is 0 Å². The van der Waals surface area contributed by atoms with Crippen molar-refractivity contribution in [3.05, 3.63) is 29.8 Å². The summed E-state index contributed by atoms with van der Waals surface area (Å²) in [5, 5.41) is 0. The van der Waals surface area contributed by atoms with Gasteiger partial charge in [-0.15, -0.1) is 0 Å². The highest BCUT2D eigenvalue weighted by atomic mass is 16.5. The first-order valence-electron chi connectivity index (χ1n) is 8.86. The molecule has 0 saturated carbocycles. The van der Waals surface area contributed by atoms with Crippen LogP contribution in [-0.2, 0) is 19.7 Å². The summed E-state index contributed by atoms with van der Waals surface area (Å²) in [7, 11) is 1.40. The first kappa shape index (κ1) is 19.3. The molecule has 5 nitrogen and oxygen atoms in total. The van der Waals surface area contributed by atoms with E-state index in [0.717, 1.165) is 0 Å². The number of ether oxygens (including phenoxy) is 2. The molecular weight excluding hydrogens is 318 g/mol. The van der Waals surface area contributed by atoms with Crippen LogP contribution in [0.2, 0.25) is 0 Å². The van der Waals surface area contributed by atoms with Gasteiger partial charge in [0.05, 0.1) is 13.0 Å². The molecule has 1 aliphatic heterocycles. The molecule has 2 rings (SSSR count). The molecule has 0 aromatic heterocycles. The van der Waals surface area contributed by atoms with Crippen molar-refractivity contribution in [1.29, 1.82) is 0 Å². The van der Waals surface area contributed by atoms with Crippen molar-refractivity contribution in [3.8, 4) is 5.75 Å². The number of benzene rings is 1. The molecule has 0 spiro atoms. The van der Waals surface area contributed by atoms with E-state index in [9.17, 15) is 9.59 Å². The van der Waals surface area contributed by atoms with Gasteiger partial charge < -0.3 is 14.4 Å². The molecule has 0 N–H and O–H groups in total. The molecule has 1 saturated heterocycles. The Balaban J connectivity index is 1.94. The van der Waals surface area contributed by atoms with Crippen LogP contribution in [0, 0.1) is 5.92 Å². The highest BCUT2D eigenvalue weighted by Crippen LogP contribution is 2.26. The molecule has 1 aromatic carbocycles. The maximum Gasteiger partial charge on any atom is 0.308 e. The number of hydrogen-bond donors (Lipinski definition) is 0. The number of carbonyl (C=O) groups is 2. The standard InChI is InChI=1S/C20H29NO4/c1-14(25-17-8-6-7-16(13-17)20(2,3)4)18(22)21-11-9-15(10-12-21)19(23)24-5/h6-8,13-15H,9-12H2,1-5H3. The largest absolute Gasteiger partial charge is 0.481 e. The summed E-state index contributed by atoms with van der Waals surface area (Å²) in [6.45, 7) is 9.34. The van der Waals surface area contributed by atoms with Crippen LogP contribution >= 0.6 is 0 Å². The average molecular weight is 347 g/mol. The number of carbonyl (C=O) groups excluding carboxylic acids is 2. The van der Waals surface area contributed by atoms with Crippen molar-refractivity contribution < 1.29 is 19.1 Å². The Morgan fingerprint density at radius 3 is 2.40 bits per heavy atom. The Kier molecular flexibility index (Phi) is 6.09. The number of methoxy groups -OCH3 is 1. The van der Waals surface area contributed by atoms with Gasteiger partial charge in [-0.05, 0) is 42.9 Å². The zero-order valence-corrected chi connectivity index (χ0v) is 15.9. The van der Waals surface area contributed by atoms with Crippen LogP contribution in [0.5, 0.6) is 5.75 Å². The summed E-state index contributed by atoms with van der Waals surface area (Å²) < 4.78 is 10.7. The van der Waals surface area contributed by atoms with E-state index < -0.39 is 6.10 Å². The molecule has 1 atom stereocenters. The molecule has 1 fully saturated rings. The Hall–Kier alpha value is -2.04. The minimum absolute atomic E-state index is 0.0301. The summed E-state index contributed by atoms with van der Waals surface area (Å²) in [6.07, 6.45) is 0.736.